The lowest BCUT2D eigenvalue weighted by molar-refractivity contribution is -0.385. The molecule has 0 heterocycles. The Kier molecular flexibility index (Phi) is 4.76. The maximum Gasteiger partial charge on any atom is 0.337 e. The molecule has 0 aromatic heterocycles. The quantitative estimate of drug-likeness (QED) is 0.465. The number of halogens is 1. The van der Waals surface area contributed by atoms with Crippen LogP contribution >= 0.6 is 0 Å². The van der Waals surface area contributed by atoms with Gasteiger partial charge in [-0.2, -0.15) is 0 Å². The van der Waals surface area contributed by atoms with Crippen LogP contribution in [0.4, 0.5) is 20.6 Å². The predicted molar refractivity (Wildman–Crippen MR) is 68.3 cm³/mol. The average molecular weight is 301 g/mol. The second kappa shape index (κ2) is 6.13. The molecule has 1 aromatic rings. The molecule has 1 atom stereocenters. The molecule has 0 saturated carbocycles. The number of nitrogens with one attached hydrogen (secondary N) is 2. The molecular weight excluding hydrogens is 289 g/mol. The number of hydrogen-bond acceptors (Lipinski definition) is 5. The number of benzene rings is 1. The third-order valence-corrected chi connectivity index (χ3v) is 2.41. The van der Waals surface area contributed by atoms with Crippen molar-refractivity contribution in [2.45, 2.75) is 12.5 Å². The Balaban J connectivity index is 2.71. The van der Waals surface area contributed by atoms with Crippen molar-refractivity contribution in [1.82, 2.24) is 5.32 Å². The molecule has 1 rings (SSSR count). The minimum atomic E-state index is -2.18. The number of urea groups is 1. The number of nitro groups is 1. The smallest absolute Gasteiger partial charge is 0.337 e. The van der Waals surface area contributed by atoms with Crippen LogP contribution in [0.2, 0.25) is 0 Å². The van der Waals surface area contributed by atoms with Crippen LogP contribution in [0.1, 0.15) is 6.92 Å². The Bertz CT molecular complexity index is 589. The molecule has 114 valence electrons. The van der Waals surface area contributed by atoms with Crippen LogP contribution in [-0.4, -0.2) is 39.3 Å². The monoisotopic (exact) mass is 301 g/mol. The van der Waals surface area contributed by atoms with Crippen LogP contribution in [0.5, 0.6) is 0 Å². The Hall–Kier alpha value is -2.75. The van der Waals surface area contributed by atoms with Gasteiger partial charge in [-0.25, -0.2) is 14.0 Å². The predicted octanol–water partition coefficient (Wildman–Crippen LogP) is 0.691. The molecular formula is C11H12FN3O6. The third-order valence-electron chi connectivity index (χ3n) is 2.41. The molecule has 0 aliphatic heterocycles. The van der Waals surface area contributed by atoms with E-state index in [-0.39, 0.29) is 5.69 Å². The normalized spacial score (nSPS) is 13.1. The van der Waals surface area contributed by atoms with Crippen LogP contribution in [-0.2, 0) is 4.79 Å². The summed E-state index contributed by atoms with van der Waals surface area (Å²) in [5.74, 6) is -2.46. The number of aliphatic hydroxyl groups is 1. The molecule has 0 fully saturated rings. The molecule has 0 spiro atoms. The standard InChI is InChI=1S/C11H12FN3O6/c1-11(19,9(16)17)5-13-10(18)14-7-2-6(12)3-8(4-7)15(20)21/h2-4,19H,5H2,1H3,(H,16,17)(H2,13,14,18). The van der Waals surface area contributed by atoms with Crippen molar-refractivity contribution < 1.29 is 29.1 Å². The SMILES string of the molecule is CC(O)(CNC(=O)Nc1cc(F)cc([N+](=O)[O-])c1)C(=O)O. The highest BCUT2D eigenvalue weighted by molar-refractivity contribution is 5.90. The number of carboxylic acids is 1. The minimum Gasteiger partial charge on any atom is -0.479 e. The highest BCUT2D eigenvalue weighted by atomic mass is 19.1. The number of hydrogen-bond donors (Lipinski definition) is 4. The van der Waals surface area contributed by atoms with E-state index < -0.39 is 40.6 Å². The number of non-ortho nitro benzene ring substituents is 1. The van der Waals surface area contributed by atoms with E-state index in [9.17, 15) is 29.2 Å². The Morgan fingerprint density at radius 3 is 2.57 bits per heavy atom. The average Bonchev–Trinajstić information content (AvgIpc) is 2.35. The van der Waals surface area contributed by atoms with Crippen molar-refractivity contribution in [3.05, 3.63) is 34.1 Å². The largest absolute Gasteiger partial charge is 0.479 e. The van der Waals surface area contributed by atoms with Crippen LogP contribution < -0.4 is 10.6 Å². The van der Waals surface area contributed by atoms with Crippen molar-refractivity contribution in [2.75, 3.05) is 11.9 Å². The van der Waals surface area contributed by atoms with Gasteiger partial charge in [-0.1, -0.05) is 0 Å². The van der Waals surface area contributed by atoms with Gasteiger partial charge in [-0.3, -0.25) is 10.1 Å². The fourth-order valence-electron chi connectivity index (χ4n) is 1.26. The fraction of sp³-hybridized carbons (Fsp3) is 0.273. The first-order valence-electron chi connectivity index (χ1n) is 5.57. The van der Waals surface area contributed by atoms with Crippen molar-refractivity contribution >= 4 is 23.4 Å². The molecule has 0 aliphatic carbocycles. The van der Waals surface area contributed by atoms with Gasteiger partial charge < -0.3 is 20.8 Å². The van der Waals surface area contributed by atoms with Crippen molar-refractivity contribution in [3.63, 3.8) is 0 Å². The molecule has 0 saturated heterocycles. The number of carboxylic acid groups (broad SMARTS) is 1. The maximum absolute atomic E-state index is 13.1. The summed E-state index contributed by atoms with van der Waals surface area (Å²) in [6, 6.07) is 1.51. The minimum absolute atomic E-state index is 0.186. The number of nitrogens with zero attached hydrogens (tertiary/aromatic N) is 1. The van der Waals surface area contributed by atoms with E-state index in [1.54, 1.807) is 0 Å². The number of amides is 2. The summed E-state index contributed by atoms with van der Waals surface area (Å²) in [7, 11) is 0. The maximum atomic E-state index is 13.1. The van der Waals surface area contributed by atoms with E-state index in [1.165, 1.54) is 0 Å². The van der Waals surface area contributed by atoms with Gasteiger partial charge in [0, 0.05) is 6.07 Å². The lowest BCUT2D eigenvalue weighted by Gasteiger charge is -2.18. The summed E-state index contributed by atoms with van der Waals surface area (Å²) in [4.78, 5) is 31.8. The van der Waals surface area contributed by atoms with Gasteiger partial charge in [0.15, 0.2) is 5.60 Å². The summed E-state index contributed by atoms with van der Waals surface area (Å²) < 4.78 is 13.1. The Morgan fingerprint density at radius 1 is 1.43 bits per heavy atom. The molecule has 1 unspecified atom stereocenters. The van der Waals surface area contributed by atoms with Crippen LogP contribution in [0.25, 0.3) is 0 Å². The zero-order valence-corrected chi connectivity index (χ0v) is 10.8. The lowest BCUT2D eigenvalue weighted by Crippen LogP contribution is -2.47. The molecule has 0 radical (unpaired) electrons. The van der Waals surface area contributed by atoms with E-state index >= 15 is 0 Å². The molecule has 10 heteroatoms. The van der Waals surface area contributed by atoms with Gasteiger partial charge in [0.25, 0.3) is 5.69 Å². The number of carbonyl (C=O) groups is 2. The van der Waals surface area contributed by atoms with Crippen LogP contribution in [0.3, 0.4) is 0 Å². The highest BCUT2D eigenvalue weighted by Crippen LogP contribution is 2.19. The van der Waals surface area contributed by atoms with Crippen molar-refractivity contribution in [2.24, 2.45) is 0 Å². The molecule has 0 aliphatic rings. The van der Waals surface area contributed by atoms with E-state index in [2.05, 4.69) is 5.32 Å². The summed E-state index contributed by atoms with van der Waals surface area (Å²) in [6.45, 7) is 0.369. The topological polar surface area (TPSA) is 142 Å². The van der Waals surface area contributed by atoms with E-state index in [4.69, 9.17) is 5.11 Å². The van der Waals surface area contributed by atoms with Crippen molar-refractivity contribution in [1.29, 1.82) is 0 Å². The number of nitro benzene ring substituents is 1. The first-order valence-corrected chi connectivity index (χ1v) is 5.57. The Morgan fingerprint density at radius 2 is 2.05 bits per heavy atom. The first-order chi connectivity index (χ1) is 9.61. The van der Waals surface area contributed by atoms with Gasteiger partial charge in [0.1, 0.15) is 5.82 Å². The summed E-state index contributed by atoms with van der Waals surface area (Å²) >= 11 is 0. The van der Waals surface area contributed by atoms with Gasteiger partial charge in [0.05, 0.1) is 23.2 Å². The molecule has 4 N–H and O–H groups in total. The summed E-state index contributed by atoms with van der Waals surface area (Å²) in [5.41, 5.74) is -2.91. The number of anilines is 1. The van der Waals surface area contributed by atoms with E-state index in [0.29, 0.717) is 6.07 Å². The van der Waals surface area contributed by atoms with Crippen LogP contribution in [0, 0.1) is 15.9 Å². The number of rotatable bonds is 5. The number of aliphatic carboxylic acids is 1. The number of carbonyl (C=O) groups excluding carboxylic acids is 1. The second-order valence-corrected chi connectivity index (χ2v) is 4.34. The molecule has 0 bridgehead atoms. The van der Waals surface area contributed by atoms with Gasteiger partial charge >= 0.3 is 12.0 Å². The summed E-state index contributed by atoms with van der Waals surface area (Å²) in [5, 5.41) is 32.7. The first kappa shape index (κ1) is 16.3. The molecule has 9 nitrogen and oxygen atoms in total. The van der Waals surface area contributed by atoms with Crippen LogP contribution in [0.15, 0.2) is 18.2 Å². The zero-order valence-electron chi connectivity index (χ0n) is 10.8. The molecule has 21 heavy (non-hydrogen) atoms. The van der Waals surface area contributed by atoms with Gasteiger partial charge in [-0.05, 0) is 13.0 Å². The highest BCUT2D eigenvalue weighted by Gasteiger charge is 2.30. The summed E-state index contributed by atoms with van der Waals surface area (Å²) in [6.07, 6.45) is 0. The van der Waals surface area contributed by atoms with Gasteiger partial charge in [-0.15, -0.1) is 0 Å². The fourth-order valence-corrected chi connectivity index (χ4v) is 1.26. The van der Waals surface area contributed by atoms with Crippen molar-refractivity contribution in [3.8, 4) is 0 Å². The lowest BCUT2D eigenvalue weighted by atomic mass is 10.1. The van der Waals surface area contributed by atoms with E-state index in [1.807, 2.05) is 5.32 Å². The Labute approximate surface area is 117 Å². The van der Waals surface area contributed by atoms with E-state index in [0.717, 1.165) is 19.1 Å². The zero-order chi connectivity index (χ0) is 16.2. The third kappa shape index (κ3) is 4.69. The second-order valence-electron chi connectivity index (χ2n) is 4.34. The van der Waals surface area contributed by atoms with Gasteiger partial charge in [0.2, 0.25) is 0 Å². The molecule has 1 aromatic carbocycles. The molecule has 2 amide bonds.